The summed E-state index contributed by atoms with van der Waals surface area (Å²) in [7, 11) is 1.65. The molecule has 0 aromatic rings. The molecule has 29 heavy (non-hydrogen) atoms. The van der Waals surface area contributed by atoms with Crippen LogP contribution in [0.25, 0.3) is 0 Å². The number of methoxy groups -OCH3 is 1. The van der Waals surface area contributed by atoms with Crippen LogP contribution in [0.1, 0.15) is 66.2 Å². The molecule has 2 saturated carbocycles. The molecule has 3 rings (SSSR count). The number of fused-ring (bicyclic) bond motifs is 1. The first kappa shape index (κ1) is 22.6. The van der Waals surface area contributed by atoms with Crippen molar-refractivity contribution in [3.05, 3.63) is 11.3 Å². The van der Waals surface area contributed by atoms with Gasteiger partial charge in [0.2, 0.25) is 0 Å². The number of carbonyl (C=O) groups is 1. The average Bonchev–Trinajstić information content (AvgIpc) is 3.02. The molecule has 6 nitrogen and oxygen atoms in total. The highest BCUT2D eigenvalue weighted by Gasteiger charge is 2.52. The molecular formula is C23H38O6. The Morgan fingerprint density at radius 3 is 2.69 bits per heavy atom. The van der Waals surface area contributed by atoms with Crippen molar-refractivity contribution in [3.63, 3.8) is 0 Å². The van der Waals surface area contributed by atoms with E-state index in [9.17, 15) is 4.79 Å². The Kier molecular flexibility index (Phi) is 7.63. The second-order valence-electron chi connectivity index (χ2n) is 9.35. The molecule has 1 heterocycles. The summed E-state index contributed by atoms with van der Waals surface area (Å²) in [5.74, 6) is 1.18. The van der Waals surface area contributed by atoms with Crippen molar-refractivity contribution in [2.24, 2.45) is 23.7 Å². The van der Waals surface area contributed by atoms with E-state index in [2.05, 4.69) is 20.8 Å². The van der Waals surface area contributed by atoms with Gasteiger partial charge in [-0.1, -0.05) is 20.8 Å². The third kappa shape index (κ3) is 5.33. The fourth-order valence-electron chi connectivity index (χ4n) is 5.35. The van der Waals surface area contributed by atoms with Gasteiger partial charge in [0.15, 0.2) is 0 Å². The summed E-state index contributed by atoms with van der Waals surface area (Å²) >= 11 is 0. The van der Waals surface area contributed by atoms with Crippen molar-refractivity contribution >= 4 is 5.97 Å². The number of carbonyl (C=O) groups excluding carboxylic acids is 1. The first-order valence-electron chi connectivity index (χ1n) is 11.1. The number of allylic oxidation sites excluding steroid dienone is 1. The Morgan fingerprint density at radius 1 is 1.17 bits per heavy atom. The van der Waals surface area contributed by atoms with Crippen LogP contribution in [-0.2, 0) is 28.5 Å². The highest BCUT2D eigenvalue weighted by atomic mass is 16.7. The molecule has 0 N–H and O–H groups in total. The zero-order chi connectivity index (χ0) is 21.0. The van der Waals surface area contributed by atoms with Gasteiger partial charge in [0.1, 0.15) is 6.79 Å². The van der Waals surface area contributed by atoms with Crippen LogP contribution in [-0.4, -0.2) is 45.0 Å². The van der Waals surface area contributed by atoms with Gasteiger partial charge in [-0.25, -0.2) is 0 Å². The standard InChI is InChI=1S/C23H38O6/c1-15(2)21-7-6-16(3)13-23(21)28-17(4)20-12-19(27-14-26-9-8-25-5)10-18(20)11-22(24)29-23/h15-16,18-19,21H,6-14H2,1-5H3/b20-17-. The predicted octanol–water partition coefficient (Wildman–Crippen LogP) is 4.43. The van der Waals surface area contributed by atoms with Gasteiger partial charge in [-0.3, -0.25) is 4.79 Å². The Bertz CT molecular complexity index is 600. The lowest BCUT2D eigenvalue weighted by Crippen LogP contribution is -2.51. The molecule has 1 aliphatic heterocycles. The molecule has 0 saturated heterocycles. The topological polar surface area (TPSA) is 63.2 Å². The summed E-state index contributed by atoms with van der Waals surface area (Å²) in [5.41, 5.74) is 1.21. The van der Waals surface area contributed by atoms with E-state index in [4.69, 9.17) is 23.7 Å². The number of ether oxygens (including phenoxy) is 5. The normalized spacial score (nSPS) is 37.8. The molecular weight excluding hydrogens is 372 g/mol. The van der Waals surface area contributed by atoms with Crippen molar-refractivity contribution < 1.29 is 28.5 Å². The molecule has 5 atom stereocenters. The molecule has 0 bridgehead atoms. The van der Waals surface area contributed by atoms with Crippen LogP contribution in [0.5, 0.6) is 0 Å². The first-order chi connectivity index (χ1) is 13.8. The maximum atomic E-state index is 12.9. The number of esters is 1. The summed E-state index contributed by atoms with van der Waals surface area (Å²) in [6, 6.07) is 0. The zero-order valence-electron chi connectivity index (χ0n) is 18.7. The van der Waals surface area contributed by atoms with E-state index in [1.807, 2.05) is 6.92 Å². The SMILES string of the molecule is COCCOCOC1C/C2=C(\C)OC3(CC(C)CCC3C(C)C)OC(=O)CC2C1. The van der Waals surface area contributed by atoms with Gasteiger partial charge in [0.05, 0.1) is 31.5 Å². The third-order valence-electron chi connectivity index (χ3n) is 6.76. The molecule has 2 aliphatic carbocycles. The van der Waals surface area contributed by atoms with Crippen LogP contribution >= 0.6 is 0 Å². The van der Waals surface area contributed by atoms with Crippen LogP contribution in [0.15, 0.2) is 11.3 Å². The van der Waals surface area contributed by atoms with Crippen LogP contribution < -0.4 is 0 Å². The van der Waals surface area contributed by atoms with Crippen LogP contribution in [0.4, 0.5) is 0 Å². The third-order valence-corrected chi connectivity index (χ3v) is 6.76. The summed E-state index contributed by atoms with van der Waals surface area (Å²) in [6.07, 6.45) is 4.99. The van der Waals surface area contributed by atoms with Crippen molar-refractivity contribution in [3.8, 4) is 0 Å². The average molecular weight is 411 g/mol. The van der Waals surface area contributed by atoms with E-state index < -0.39 is 5.79 Å². The zero-order valence-corrected chi connectivity index (χ0v) is 18.7. The Balaban J connectivity index is 1.74. The first-order valence-corrected chi connectivity index (χ1v) is 11.1. The maximum absolute atomic E-state index is 12.9. The van der Waals surface area contributed by atoms with Crippen molar-refractivity contribution in [1.29, 1.82) is 0 Å². The fourth-order valence-corrected chi connectivity index (χ4v) is 5.35. The Labute approximate surface area is 175 Å². The van der Waals surface area contributed by atoms with E-state index in [0.29, 0.717) is 31.5 Å². The molecule has 166 valence electrons. The quantitative estimate of drug-likeness (QED) is 0.351. The van der Waals surface area contributed by atoms with Gasteiger partial charge in [-0.15, -0.1) is 0 Å². The maximum Gasteiger partial charge on any atom is 0.309 e. The fraction of sp³-hybridized carbons (Fsp3) is 0.870. The summed E-state index contributed by atoms with van der Waals surface area (Å²) in [4.78, 5) is 12.9. The minimum Gasteiger partial charge on any atom is -0.457 e. The smallest absolute Gasteiger partial charge is 0.309 e. The van der Waals surface area contributed by atoms with Crippen molar-refractivity contribution in [1.82, 2.24) is 0 Å². The van der Waals surface area contributed by atoms with Gasteiger partial charge in [0, 0.05) is 19.4 Å². The van der Waals surface area contributed by atoms with Gasteiger partial charge < -0.3 is 23.7 Å². The molecule has 6 heteroatoms. The van der Waals surface area contributed by atoms with E-state index in [0.717, 1.165) is 37.9 Å². The Morgan fingerprint density at radius 2 is 1.97 bits per heavy atom. The van der Waals surface area contributed by atoms with Gasteiger partial charge in [-0.2, -0.15) is 0 Å². The monoisotopic (exact) mass is 410 g/mol. The molecule has 0 aromatic heterocycles. The second-order valence-corrected chi connectivity index (χ2v) is 9.35. The molecule has 5 unspecified atom stereocenters. The number of hydrogen-bond acceptors (Lipinski definition) is 6. The van der Waals surface area contributed by atoms with Crippen molar-refractivity contribution in [2.45, 2.75) is 78.1 Å². The van der Waals surface area contributed by atoms with Crippen molar-refractivity contribution in [2.75, 3.05) is 27.1 Å². The lowest BCUT2D eigenvalue weighted by atomic mass is 9.72. The highest BCUT2D eigenvalue weighted by Crippen LogP contribution is 2.49. The van der Waals surface area contributed by atoms with E-state index in [1.165, 1.54) is 5.57 Å². The minimum absolute atomic E-state index is 0.0455. The summed E-state index contributed by atoms with van der Waals surface area (Å²) in [6.45, 7) is 9.98. The molecule has 0 aromatic carbocycles. The van der Waals surface area contributed by atoms with Gasteiger partial charge in [0.25, 0.3) is 5.79 Å². The minimum atomic E-state index is -0.826. The van der Waals surface area contributed by atoms with Crippen LogP contribution in [0.2, 0.25) is 0 Å². The van der Waals surface area contributed by atoms with Gasteiger partial charge >= 0.3 is 5.97 Å². The van der Waals surface area contributed by atoms with Crippen LogP contribution in [0, 0.1) is 23.7 Å². The Hall–Kier alpha value is -1.11. The molecule has 1 spiro atoms. The highest BCUT2D eigenvalue weighted by molar-refractivity contribution is 5.71. The lowest BCUT2D eigenvalue weighted by molar-refractivity contribution is -0.266. The van der Waals surface area contributed by atoms with E-state index in [1.54, 1.807) is 7.11 Å². The van der Waals surface area contributed by atoms with E-state index >= 15 is 0 Å². The summed E-state index contributed by atoms with van der Waals surface area (Å²) in [5, 5.41) is 0. The molecule has 0 radical (unpaired) electrons. The lowest BCUT2D eigenvalue weighted by Gasteiger charge is -2.47. The molecule has 2 fully saturated rings. The second kappa shape index (κ2) is 9.80. The van der Waals surface area contributed by atoms with Gasteiger partial charge in [-0.05, 0) is 55.9 Å². The molecule has 0 amide bonds. The predicted molar refractivity (Wildman–Crippen MR) is 109 cm³/mol. The number of hydrogen-bond donors (Lipinski definition) is 0. The molecule has 3 aliphatic rings. The van der Waals surface area contributed by atoms with Crippen LogP contribution in [0.3, 0.4) is 0 Å². The van der Waals surface area contributed by atoms with E-state index in [-0.39, 0.29) is 30.7 Å². The number of rotatable bonds is 7. The largest absolute Gasteiger partial charge is 0.457 e. The summed E-state index contributed by atoms with van der Waals surface area (Å²) < 4.78 is 29.0.